The highest BCUT2D eigenvalue weighted by atomic mass is 16.6. The summed E-state index contributed by atoms with van der Waals surface area (Å²) in [6, 6.07) is 13.5. The second kappa shape index (κ2) is 9.93. The van der Waals surface area contributed by atoms with Gasteiger partial charge in [0.05, 0.1) is 13.2 Å². The molecule has 0 N–H and O–H groups in total. The Kier molecular flexibility index (Phi) is 7.06. The Bertz CT molecular complexity index is 858. The van der Waals surface area contributed by atoms with E-state index < -0.39 is 0 Å². The molecule has 0 unspecified atom stereocenters. The van der Waals surface area contributed by atoms with E-state index >= 15 is 0 Å². The van der Waals surface area contributed by atoms with Gasteiger partial charge in [0.1, 0.15) is 0 Å². The Balaban J connectivity index is 1.53. The number of aromatic nitrogens is 1. The lowest BCUT2D eigenvalue weighted by Gasteiger charge is -2.27. The molecule has 1 saturated heterocycles. The summed E-state index contributed by atoms with van der Waals surface area (Å²) in [6.45, 7) is 4.60. The van der Waals surface area contributed by atoms with Crippen molar-refractivity contribution in [1.82, 2.24) is 9.47 Å². The van der Waals surface area contributed by atoms with Crippen molar-refractivity contribution in [3.05, 3.63) is 75.7 Å². The maximum Gasteiger partial charge on any atom is 0.409 e. The number of unbranched alkanes of at least 4 members (excludes halogenated alkanes) is 1. The van der Waals surface area contributed by atoms with Crippen LogP contribution in [0.1, 0.15) is 43.7 Å². The van der Waals surface area contributed by atoms with Crippen molar-refractivity contribution in [2.45, 2.75) is 39.2 Å². The minimum atomic E-state index is -0.187. The van der Waals surface area contributed by atoms with Gasteiger partial charge in [0.25, 0.3) is 5.56 Å². The van der Waals surface area contributed by atoms with E-state index in [4.69, 9.17) is 4.74 Å². The van der Waals surface area contributed by atoms with Crippen LogP contribution < -0.4 is 5.56 Å². The van der Waals surface area contributed by atoms with Crippen LogP contribution in [0, 0.1) is 0 Å². The monoisotopic (exact) mass is 380 g/mol. The van der Waals surface area contributed by atoms with Crippen LogP contribution in [0.25, 0.3) is 6.08 Å². The molecule has 5 heteroatoms. The molecule has 148 valence electrons. The SMILES string of the molecule is CCCCOC(=O)N1CCC(=Cc2ccc(Cn3ccccc3=O)cc2)CC1. The highest BCUT2D eigenvalue weighted by molar-refractivity contribution is 5.68. The highest BCUT2D eigenvalue weighted by Gasteiger charge is 2.19. The van der Waals surface area contributed by atoms with Crippen LogP contribution in [0.2, 0.25) is 0 Å². The van der Waals surface area contributed by atoms with Crippen molar-refractivity contribution in [2.24, 2.45) is 0 Å². The first-order valence-corrected chi connectivity index (χ1v) is 10.0. The van der Waals surface area contributed by atoms with Crippen LogP contribution in [0.15, 0.2) is 59.0 Å². The van der Waals surface area contributed by atoms with Gasteiger partial charge in [-0.2, -0.15) is 0 Å². The van der Waals surface area contributed by atoms with Crippen LogP contribution in [0.3, 0.4) is 0 Å². The fourth-order valence-electron chi connectivity index (χ4n) is 3.26. The third-order valence-electron chi connectivity index (χ3n) is 4.99. The predicted octanol–water partition coefficient (Wildman–Crippen LogP) is 4.31. The first-order chi connectivity index (χ1) is 13.7. The summed E-state index contributed by atoms with van der Waals surface area (Å²) in [6.07, 6.45) is 7.53. The zero-order valence-electron chi connectivity index (χ0n) is 16.5. The van der Waals surface area contributed by atoms with Crippen LogP contribution in [-0.4, -0.2) is 35.3 Å². The van der Waals surface area contributed by atoms with Crippen molar-refractivity contribution in [3.8, 4) is 0 Å². The molecule has 1 fully saturated rings. The molecule has 0 radical (unpaired) electrons. The Morgan fingerprint density at radius 2 is 1.86 bits per heavy atom. The number of amides is 1. The molecule has 1 amide bonds. The number of benzene rings is 1. The quantitative estimate of drug-likeness (QED) is 0.702. The maximum atomic E-state index is 12.0. The largest absolute Gasteiger partial charge is 0.449 e. The fraction of sp³-hybridized carbons (Fsp3) is 0.391. The van der Waals surface area contributed by atoms with Gasteiger partial charge >= 0.3 is 6.09 Å². The van der Waals surface area contributed by atoms with E-state index in [1.807, 2.05) is 6.07 Å². The summed E-state index contributed by atoms with van der Waals surface area (Å²) in [5.74, 6) is 0. The number of carbonyl (C=O) groups is 1. The number of carbonyl (C=O) groups excluding carboxylic acids is 1. The van der Waals surface area contributed by atoms with Gasteiger partial charge in [-0.1, -0.05) is 55.3 Å². The minimum absolute atomic E-state index is 0.00803. The molecular formula is C23H28N2O3. The molecule has 0 saturated carbocycles. The van der Waals surface area contributed by atoms with Gasteiger partial charge in [-0.05, 0) is 36.5 Å². The van der Waals surface area contributed by atoms with E-state index in [0.717, 1.165) is 36.8 Å². The van der Waals surface area contributed by atoms with Gasteiger partial charge in [-0.15, -0.1) is 0 Å². The molecule has 1 aromatic heterocycles. The molecule has 1 aliphatic rings. The molecule has 1 aromatic carbocycles. The van der Waals surface area contributed by atoms with Gasteiger partial charge in [0, 0.05) is 25.4 Å². The number of piperidine rings is 1. The van der Waals surface area contributed by atoms with Crippen molar-refractivity contribution in [2.75, 3.05) is 19.7 Å². The molecule has 28 heavy (non-hydrogen) atoms. The molecule has 5 nitrogen and oxygen atoms in total. The van der Waals surface area contributed by atoms with Crippen LogP contribution in [0.5, 0.6) is 0 Å². The number of ether oxygens (including phenoxy) is 1. The molecule has 2 aromatic rings. The second-order valence-electron chi connectivity index (χ2n) is 7.17. The molecule has 1 aliphatic heterocycles. The van der Waals surface area contributed by atoms with Gasteiger partial charge < -0.3 is 14.2 Å². The molecule has 2 heterocycles. The zero-order chi connectivity index (χ0) is 19.8. The number of likely N-dealkylation sites (tertiary alicyclic amines) is 1. The predicted molar refractivity (Wildman–Crippen MR) is 111 cm³/mol. The van der Waals surface area contributed by atoms with E-state index in [-0.39, 0.29) is 11.7 Å². The number of pyridine rings is 1. The van der Waals surface area contributed by atoms with E-state index in [0.29, 0.717) is 26.2 Å². The summed E-state index contributed by atoms with van der Waals surface area (Å²) in [7, 11) is 0. The van der Waals surface area contributed by atoms with Crippen LogP contribution in [0.4, 0.5) is 4.79 Å². The zero-order valence-corrected chi connectivity index (χ0v) is 16.5. The van der Waals surface area contributed by atoms with Crippen molar-refractivity contribution >= 4 is 12.2 Å². The van der Waals surface area contributed by atoms with Gasteiger partial charge in [0.15, 0.2) is 0 Å². The lowest BCUT2D eigenvalue weighted by atomic mass is 10.0. The minimum Gasteiger partial charge on any atom is -0.449 e. The van der Waals surface area contributed by atoms with E-state index in [1.165, 1.54) is 5.57 Å². The Morgan fingerprint density at radius 1 is 1.11 bits per heavy atom. The first-order valence-electron chi connectivity index (χ1n) is 10.0. The van der Waals surface area contributed by atoms with Crippen LogP contribution in [-0.2, 0) is 11.3 Å². The fourth-order valence-corrected chi connectivity index (χ4v) is 3.26. The molecule has 0 aliphatic carbocycles. The average Bonchev–Trinajstić information content (AvgIpc) is 2.72. The van der Waals surface area contributed by atoms with Gasteiger partial charge in [0.2, 0.25) is 0 Å². The summed E-state index contributed by atoms with van der Waals surface area (Å²) < 4.78 is 6.99. The lowest BCUT2D eigenvalue weighted by molar-refractivity contribution is 0.0984. The third-order valence-corrected chi connectivity index (χ3v) is 4.99. The average molecular weight is 380 g/mol. The van der Waals surface area contributed by atoms with Gasteiger partial charge in [-0.25, -0.2) is 4.79 Å². The Labute approximate surface area is 166 Å². The van der Waals surface area contributed by atoms with E-state index in [9.17, 15) is 9.59 Å². The second-order valence-corrected chi connectivity index (χ2v) is 7.17. The van der Waals surface area contributed by atoms with Crippen LogP contribution >= 0.6 is 0 Å². The summed E-state index contributed by atoms with van der Waals surface area (Å²) >= 11 is 0. The number of hydrogen-bond acceptors (Lipinski definition) is 3. The van der Waals surface area contributed by atoms with Crippen molar-refractivity contribution in [1.29, 1.82) is 0 Å². The number of nitrogens with zero attached hydrogens (tertiary/aromatic N) is 2. The highest BCUT2D eigenvalue weighted by Crippen LogP contribution is 2.20. The smallest absolute Gasteiger partial charge is 0.409 e. The summed E-state index contributed by atoms with van der Waals surface area (Å²) in [5, 5.41) is 0. The number of rotatable bonds is 6. The Hall–Kier alpha value is -2.82. The third kappa shape index (κ3) is 5.59. The molecule has 3 rings (SSSR count). The van der Waals surface area contributed by atoms with Crippen molar-refractivity contribution in [3.63, 3.8) is 0 Å². The molecular weight excluding hydrogens is 352 g/mol. The molecule has 0 atom stereocenters. The lowest BCUT2D eigenvalue weighted by Crippen LogP contribution is -2.36. The Morgan fingerprint density at radius 3 is 2.54 bits per heavy atom. The van der Waals surface area contributed by atoms with Gasteiger partial charge in [-0.3, -0.25) is 4.79 Å². The van der Waals surface area contributed by atoms with E-state index in [2.05, 4.69) is 37.3 Å². The molecule has 0 spiro atoms. The summed E-state index contributed by atoms with van der Waals surface area (Å²) in [4.78, 5) is 25.6. The van der Waals surface area contributed by atoms with Crippen molar-refractivity contribution < 1.29 is 9.53 Å². The van der Waals surface area contributed by atoms with E-state index in [1.54, 1.807) is 27.8 Å². The summed E-state index contributed by atoms with van der Waals surface area (Å²) in [5.41, 5.74) is 3.61. The normalized spacial score (nSPS) is 14.0. The first kappa shape index (κ1) is 19.9. The standard InChI is InChI=1S/C23H28N2O3/c1-2-3-16-28-23(27)24-14-11-20(12-15-24)17-19-7-9-21(10-8-19)18-25-13-5-4-6-22(25)26/h4-10,13,17H,2-3,11-12,14-16,18H2,1H3. The molecule has 0 bridgehead atoms. The number of hydrogen-bond donors (Lipinski definition) is 0. The maximum absolute atomic E-state index is 12.0. The topological polar surface area (TPSA) is 51.5 Å².